The van der Waals surface area contributed by atoms with Gasteiger partial charge in [-0.15, -0.1) is 24.8 Å². The fourth-order valence-corrected chi connectivity index (χ4v) is 4.50. The molecule has 2 aliphatic heterocycles. The SMILES string of the molecule is COc1ccc([C@@H](C2CCOCC2)N2CCNCC2)cc1OCc1ccccc1.Cl.Cl. The summed E-state index contributed by atoms with van der Waals surface area (Å²) < 4.78 is 17.4. The molecule has 2 aliphatic rings. The first-order chi connectivity index (χ1) is 14.3. The third-order valence-electron chi connectivity index (χ3n) is 6.02. The lowest BCUT2D eigenvalue weighted by molar-refractivity contribution is 0.0212. The van der Waals surface area contributed by atoms with Gasteiger partial charge in [-0.2, -0.15) is 0 Å². The van der Waals surface area contributed by atoms with E-state index >= 15 is 0 Å². The van der Waals surface area contributed by atoms with Gasteiger partial charge < -0.3 is 19.5 Å². The van der Waals surface area contributed by atoms with Crippen molar-refractivity contribution in [2.75, 3.05) is 46.5 Å². The molecule has 2 aromatic carbocycles. The summed E-state index contributed by atoms with van der Waals surface area (Å²) in [6, 6.07) is 17.1. The molecule has 31 heavy (non-hydrogen) atoms. The number of benzene rings is 2. The quantitative estimate of drug-likeness (QED) is 0.648. The number of piperazine rings is 1. The molecule has 1 atom stereocenters. The van der Waals surface area contributed by atoms with Crippen LogP contribution in [0.4, 0.5) is 0 Å². The first-order valence-corrected chi connectivity index (χ1v) is 10.7. The molecule has 2 fully saturated rings. The van der Waals surface area contributed by atoms with Gasteiger partial charge in [-0.25, -0.2) is 0 Å². The van der Waals surface area contributed by atoms with Crippen molar-refractivity contribution in [2.24, 2.45) is 5.92 Å². The lowest BCUT2D eigenvalue weighted by Crippen LogP contribution is -2.47. The van der Waals surface area contributed by atoms with Crippen LogP contribution in [-0.2, 0) is 11.3 Å². The number of hydrogen-bond acceptors (Lipinski definition) is 5. The van der Waals surface area contributed by atoms with Gasteiger partial charge in [-0.05, 0) is 42.0 Å². The van der Waals surface area contributed by atoms with Gasteiger partial charge in [0, 0.05) is 45.4 Å². The van der Waals surface area contributed by atoms with Crippen molar-refractivity contribution < 1.29 is 14.2 Å². The summed E-state index contributed by atoms with van der Waals surface area (Å²) in [5.41, 5.74) is 2.48. The summed E-state index contributed by atoms with van der Waals surface area (Å²) in [5, 5.41) is 3.48. The van der Waals surface area contributed by atoms with Crippen molar-refractivity contribution in [3.8, 4) is 11.5 Å². The Bertz CT molecular complexity index is 749. The number of halogens is 2. The minimum Gasteiger partial charge on any atom is -0.493 e. The molecule has 5 nitrogen and oxygen atoms in total. The second-order valence-electron chi connectivity index (χ2n) is 7.87. The van der Waals surface area contributed by atoms with E-state index in [0.29, 0.717) is 18.6 Å². The third kappa shape index (κ3) is 6.74. The zero-order valence-electron chi connectivity index (χ0n) is 18.1. The highest BCUT2D eigenvalue weighted by molar-refractivity contribution is 5.85. The topological polar surface area (TPSA) is 43.0 Å². The maximum atomic E-state index is 6.20. The van der Waals surface area contributed by atoms with Crippen LogP contribution in [0.5, 0.6) is 11.5 Å². The minimum atomic E-state index is 0. The standard InChI is InChI=1S/C24H32N2O3.2ClH/c1-27-22-8-7-21(17-23(22)29-18-19-5-3-2-4-6-19)24(20-9-15-28-16-10-20)26-13-11-25-12-14-26;;/h2-8,17,20,24-25H,9-16,18H2,1H3;2*1H/t24-;;/m1../s1. The van der Waals surface area contributed by atoms with E-state index in [1.165, 1.54) is 5.56 Å². The average Bonchev–Trinajstić information content (AvgIpc) is 2.80. The van der Waals surface area contributed by atoms with Crippen LogP contribution < -0.4 is 14.8 Å². The Morgan fingerprint density at radius 3 is 2.39 bits per heavy atom. The maximum Gasteiger partial charge on any atom is 0.161 e. The zero-order chi connectivity index (χ0) is 19.9. The monoisotopic (exact) mass is 468 g/mol. The van der Waals surface area contributed by atoms with Gasteiger partial charge in [0.2, 0.25) is 0 Å². The second kappa shape index (κ2) is 13.1. The number of rotatable bonds is 7. The molecule has 172 valence electrons. The molecule has 2 aromatic rings. The maximum absolute atomic E-state index is 6.20. The first kappa shape index (κ1) is 25.8. The summed E-state index contributed by atoms with van der Waals surface area (Å²) in [4.78, 5) is 2.63. The highest BCUT2D eigenvalue weighted by Crippen LogP contribution is 2.39. The van der Waals surface area contributed by atoms with Crippen molar-refractivity contribution >= 4 is 24.8 Å². The Hall–Kier alpha value is -1.50. The average molecular weight is 469 g/mol. The van der Waals surface area contributed by atoms with Crippen molar-refractivity contribution in [3.05, 3.63) is 59.7 Å². The molecule has 2 heterocycles. The Labute approximate surface area is 198 Å². The fourth-order valence-electron chi connectivity index (χ4n) is 4.50. The van der Waals surface area contributed by atoms with Crippen LogP contribution in [0.1, 0.15) is 30.0 Å². The van der Waals surface area contributed by atoms with Crippen LogP contribution in [0, 0.1) is 5.92 Å². The van der Waals surface area contributed by atoms with E-state index in [0.717, 1.165) is 69.3 Å². The predicted molar refractivity (Wildman–Crippen MR) is 129 cm³/mol. The normalized spacial score (nSPS) is 18.4. The molecule has 7 heteroatoms. The molecule has 2 saturated heterocycles. The van der Waals surface area contributed by atoms with Crippen LogP contribution in [-0.4, -0.2) is 51.4 Å². The summed E-state index contributed by atoms with van der Waals surface area (Å²) in [6.07, 6.45) is 2.22. The van der Waals surface area contributed by atoms with Crippen LogP contribution in [0.25, 0.3) is 0 Å². The highest BCUT2D eigenvalue weighted by atomic mass is 35.5. The molecule has 0 amide bonds. The predicted octanol–water partition coefficient (Wildman–Crippen LogP) is 4.49. The van der Waals surface area contributed by atoms with Crippen LogP contribution in [0.2, 0.25) is 0 Å². The number of nitrogens with zero attached hydrogens (tertiary/aromatic N) is 1. The smallest absolute Gasteiger partial charge is 0.161 e. The van der Waals surface area contributed by atoms with Crippen molar-refractivity contribution in [1.82, 2.24) is 10.2 Å². The second-order valence-corrected chi connectivity index (χ2v) is 7.87. The molecule has 0 aliphatic carbocycles. The van der Waals surface area contributed by atoms with Gasteiger partial charge in [0.25, 0.3) is 0 Å². The van der Waals surface area contributed by atoms with Gasteiger partial charge in [0.05, 0.1) is 7.11 Å². The van der Waals surface area contributed by atoms with Crippen LogP contribution in [0.3, 0.4) is 0 Å². The fraction of sp³-hybridized carbons (Fsp3) is 0.500. The van der Waals surface area contributed by atoms with Gasteiger partial charge in [0.15, 0.2) is 11.5 Å². The molecule has 0 radical (unpaired) electrons. The number of methoxy groups -OCH3 is 1. The summed E-state index contributed by atoms with van der Waals surface area (Å²) in [7, 11) is 1.71. The Morgan fingerprint density at radius 1 is 1.00 bits per heavy atom. The molecule has 4 rings (SSSR count). The zero-order valence-corrected chi connectivity index (χ0v) is 19.8. The molecule has 0 unspecified atom stereocenters. The Kier molecular flexibility index (Phi) is 10.9. The molecular weight excluding hydrogens is 435 g/mol. The van der Waals surface area contributed by atoms with E-state index in [4.69, 9.17) is 14.2 Å². The highest BCUT2D eigenvalue weighted by Gasteiger charge is 2.31. The first-order valence-electron chi connectivity index (χ1n) is 10.7. The van der Waals surface area contributed by atoms with E-state index in [1.807, 2.05) is 18.2 Å². The van der Waals surface area contributed by atoms with Crippen molar-refractivity contribution in [3.63, 3.8) is 0 Å². The molecule has 0 bridgehead atoms. The number of hydrogen-bond donors (Lipinski definition) is 1. The van der Waals surface area contributed by atoms with E-state index in [9.17, 15) is 0 Å². The Morgan fingerprint density at radius 2 is 1.71 bits per heavy atom. The molecule has 0 saturated carbocycles. The van der Waals surface area contributed by atoms with E-state index < -0.39 is 0 Å². The van der Waals surface area contributed by atoms with Crippen molar-refractivity contribution in [1.29, 1.82) is 0 Å². The van der Waals surface area contributed by atoms with Gasteiger partial charge in [-0.1, -0.05) is 36.4 Å². The van der Waals surface area contributed by atoms with Gasteiger partial charge in [0.1, 0.15) is 6.61 Å². The van der Waals surface area contributed by atoms with Crippen LogP contribution in [0.15, 0.2) is 48.5 Å². The number of ether oxygens (including phenoxy) is 3. The minimum absolute atomic E-state index is 0. The summed E-state index contributed by atoms with van der Waals surface area (Å²) in [5.74, 6) is 2.22. The molecule has 0 spiro atoms. The lowest BCUT2D eigenvalue weighted by atomic mass is 9.85. The van der Waals surface area contributed by atoms with E-state index in [2.05, 4.69) is 40.5 Å². The van der Waals surface area contributed by atoms with Gasteiger partial charge in [-0.3, -0.25) is 4.90 Å². The van der Waals surface area contributed by atoms with Crippen molar-refractivity contribution in [2.45, 2.75) is 25.5 Å². The lowest BCUT2D eigenvalue weighted by Gasteiger charge is -2.41. The number of nitrogens with one attached hydrogen (secondary N) is 1. The van der Waals surface area contributed by atoms with E-state index in [-0.39, 0.29) is 24.8 Å². The largest absolute Gasteiger partial charge is 0.493 e. The van der Waals surface area contributed by atoms with E-state index in [1.54, 1.807) is 7.11 Å². The van der Waals surface area contributed by atoms with Crippen LogP contribution >= 0.6 is 24.8 Å². The Balaban J connectivity index is 0.00000171. The summed E-state index contributed by atoms with van der Waals surface area (Å²) in [6.45, 7) is 6.51. The van der Waals surface area contributed by atoms with Gasteiger partial charge >= 0.3 is 0 Å². The summed E-state index contributed by atoms with van der Waals surface area (Å²) >= 11 is 0. The third-order valence-corrected chi connectivity index (χ3v) is 6.02. The molecule has 0 aromatic heterocycles. The molecular formula is C24H34Cl2N2O3. The molecule has 1 N–H and O–H groups in total.